The molecule has 1 rings (SSSR count). The summed E-state index contributed by atoms with van der Waals surface area (Å²) in [6.07, 6.45) is 1.15. The maximum Gasteiger partial charge on any atom is 0.0346 e. The van der Waals surface area contributed by atoms with Crippen LogP contribution in [0.15, 0.2) is 12.1 Å². The van der Waals surface area contributed by atoms with Gasteiger partial charge in [-0.3, -0.25) is 0 Å². The van der Waals surface area contributed by atoms with Gasteiger partial charge < -0.3 is 5.73 Å². The second-order valence-electron chi connectivity index (χ2n) is 4.23. The molecule has 1 nitrogen and oxygen atoms in total. The predicted molar refractivity (Wildman–Crippen MR) is 58.9 cm³/mol. The highest BCUT2D eigenvalue weighted by Crippen LogP contribution is 2.20. The number of benzene rings is 1. The van der Waals surface area contributed by atoms with Crippen molar-refractivity contribution in [1.29, 1.82) is 0 Å². The summed E-state index contributed by atoms with van der Waals surface area (Å²) in [6, 6.07) is 4.29. The number of rotatable bonds is 2. The Morgan fingerprint density at radius 1 is 1.15 bits per heavy atom. The molecule has 0 radical (unpaired) electrons. The highest BCUT2D eigenvalue weighted by molar-refractivity contribution is 5.51. The number of aryl methyl sites for hydroxylation is 2. The molecule has 72 valence electrons. The molecule has 0 spiro atoms. The summed E-state index contributed by atoms with van der Waals surface area (Å²) in [6.45, 7) is 8.68. The van der Waals surface area contributed by atoms with E-state index >= 15 is 0 Å². The molecule has 0 aliphatic heterocycles. The fourth-order valence-corrected chi connectivity index (χ4v) is 1.56. The lowest BCUT2D eigenvalue weighted by Crippen LogP contribution is -2.00. The highest BCUT2D eigenvalue weighted by Gasteiger charge is 2.03. The van der Waals surface area contributed by atoms with E-state index in [9.17, 15) is 0 Å². The molecule has 0 amide bonds. The van der Waals surface area contributed by atoms with E-state index in [0.717, 1.165) is 12.1 Å². The quantitative estimate of drug-likeness (QED) is 0.690. The van der Waals surface area contributed by atoms with Gasteiger partial charge >= 0.3 is 0 Å². The van der Waals surface area contributed by atoms with Gasteiger partial charge in [0.2, 0.25) is 0 Å². The predicted octanol–water partition coefficient (Wildman–Crippen LogP) is 3.08. The van der Waals surface area contributed by atoms with Crippen LogP contribution in [0.5, 0.6) is 0 Å². The summed E-state index contributed by atoms with van der Waals surface area (Å²) < 4.78 is 0. The summed E-state index contributed by atoms with van der Waals surface area (Å²) in [5.41, 5.74) is 10.7. The summed E-state index contributed by atoms with van der Waals surface area (Å²) in [4.78, 5) is 0. The molecule has 0 aliphatic rings. The Morgan fingerprint density at radius 3 is 2.31 bits per heavy atom. The fourth-order valence-electron chi connectivity index (χ4n) is 1.56. The van der Waals surface area contributed by atoms with Crippen molar-refractivity contribution in [1.82, 2.24) is 0 Å². The van der Waals surface area contributed by atoms with Crippen molar-refractivity contribution in [2.45, 2.75) is 34.1 Å². The molecule has 0 saturated heterocycles. The van der Waals surface area contributed by atoms with Crippen LogP contribution in [0.25, 0.3) is 0 Å². The van der Waals surface area contributed by atoms with Crippen LogP contribution >= 0.6 is 0 Å². The van der Waals surface area contributed by atoms with Crippen molar-refractivity contribution in [3.05, 3.63) is 28.8 Å². The number of nitrogens with two attached hydrogens (primary N) is 1. The zero-order valence-electron chi connectivity index (χ0n) is 9.02. The molecule has 1 aromatic carbocycles. The van der Waals surface area contributed by atoms with E-state index < -0.39 is 0 Å². The highest BCUT2D eigenvalue weighted by atomic mass is 14.6. The lowest BCUT2D eigenvalue weighted by atomic mass is 9.96. The van der Waals surface area contributed by atoms with Crippen molar-refractivity contribution in [3.8, 4) is 0 Å². The zero-order valence-corrected chi connectivity index (χ0v) is 9.02. The normalized spacial score (nSPS) is 10.8. The lowest BCUT2D eigenvalue weighted by molar-refractivity contribution is 0.644. The van der Waals surface area contributed by atoms with Crippen LogP contribution in [-0.4, -0.2) is 0 Å². The van der Waals surface area contributed by atoms with E-state index in [2.05, 4.69) is 39.8 Å². The maximum absolute atomic E-state index is 5.82. The molecule has 0 fully saturated rings. The molecule has 0 aliphatic carbocycles. The van der Waals surface area contributed by atoms with Crippen LogP contribution < -0.4 is 5.73 Å². The average Bonchev–Trinajstić information content (AvgIpc) is 1.99. The third-order valence-corrected chi connectivity index (χ3v) is 2.35. The Morgan fingerprint density at radius 2 is 1.77 bits per heavy atom. The van der Waals surface area contributed by atoms with Crippen LogP contribution in [0.2, 0.25) is 0 Å². The minimum Gasteiger partial charge on any atom is -0.399 e. The van der Waals surface area contributed by atoms with E-state index in [4.69, 9.17) is 5.73 Å². The van der Waals surface area contributed by atoms with Gasteiger partial charge in [-0.2, -0.15) is 0 Å². The minimum atomic E-state index is 0.710. The van der Waals surface area contributed by atoms with Gasteiger partial charge in [-0.05, 0) is 48.9 Å². The van der Waals surface area contributed by atoms with Gasteiger partial charge in [0.1, 0.15) is 0 Å². The number of nitrogen functional groups attached to an aromatic ring is 1. The summed E-state index contributed by atoms with van der Waals surface area (Å²) in [5.74, 6) is 0.710. The van der Waals surface area contributed by atoms with Crippen LogP contribution in [-0.2, 0) is 6.42 Å². The first-order valence-electron chi connectivity index (χ1n) is 4.86. The SMILES string of the molecule is Cc1cc(CC(C)C)c(C)cc1N. The number of anilines is 1. The largest absolute Gasteiger partial charge is 0.399 e. The smallest absolute Gasteiger partial charge is 0.0346 e. The van der Waals surface area contributed by atoms with Gasteiger partial charge in [0.25, 0.3) is 0 Å². The van der Waals surface area contributed by atoms with Gasteiger partial charge in [0.15, 0.2) is 0 Å². The lowest BCUT2D eigenvalue weighted by Gasteiger charge is -2.11. The van der Waals surface area contributed by atoms with Crippen LogP contribution in [0.4, 0.5) is 5.69 Å². The van der Waals surface area contributed by atoms with Gasteiger partial charge in [0.05, 0.1) is 0 Å². The molecule has 1 aromatic rings. The number of hydrogen-bond acceptors (Lipinski definition) is 1. The zero-order chi connectivity index (χ0) is 10.0. The second-order valence-corrected chi connectivity index (χ2v) is 4.23. The molecule has 0 unspecified atom stereocenters. The molecule has 0 atom stereocenters. The van der Waals surface area contributed by atoms with Crippen molar-refractivity contribution < 1.29 is 0 Å². The van der Waals surface area contributed by atoms with Crippen molar-refractivity contribution >= 4 is 5.69 Å². The fraction of sp³-hybridized carbons (Fsp3) is 0.500. The van der Waals surface area contributed by atoms with E-state index in [1.807, 2.05) is 0 Å². The topological polar surface area (TPSA) is 26.0 Å². The molecule has 0 bridgehead atoms. The Labute approximate surface area is 81.0 Å². The maximum atomic E-state index is 5.82. The van der Waals surface area contributed by atoms with Gasteiger partial charge in [-0.1, -0.05) is 19.9 Å². The summed E-state index contributed by atoms with van der Waals surface area (Å²) in [7, 11) is 0. The molecule has 13 heavy (non-hydrogen) atoms. The van der Waals surface area contributed by atoms with Gasteiger partial charge in [-0.15, -0.1) is 0 Å². The standard InChI is InChI=1S/C12H19N/c1-8(2)5-11-6-10(4)12(13)7-9(11)3/h6-8H,5,13H2,1-4H3. The molecular formula is C12H19N. The molecule has 0 aromatic heterocycles. The molecular weight excluding hydrogens is 158 g/mol. The molecule has 2 N–H and O–H groups in total. The Balaban J connectivity index is 3.01. The van der Waals surface area contributed by atoms with E-state index in [1.54, 1.807) is 0 Å². The Hall–Kier alpha value is -0.980. The van der Waals surface area contributed by atoms with Crippen LogP contribution in [0.3, 0.4) is 0 Å². The van der Waals surface area contributed by atoms with E-state index in [0.29, 0.717) is 5.92 Å². The average molecular weight is 177 g/mol. The molecule has 0 saturated carbocycles. The third-order valence-electron chi connectivity index (χ3n) is 2.35. The Kier molecular flexibility index (Phi) is 2.97. The second kappa shape index (κ2) is 3.82. The first-order valence-corrected chi connectivity index (χ1v) is 4.86. The van der Waals surface area contributed by atoms with Crippen LogP contribution in [0, 0.1) is 19.8 Å². The summed E-state index contributed by atoms with van der Waals surface area (Å²) >= 11 is 0. The Bertz CT molecular complexity index is 300. The van der Waals surface area contributed by atoms with E-state index in [-0.39, 0.29) is 0 Å². The van der Waals surface area contributed by atoms with Crippen LogP contribution in [0.1, 0.15) is 30.5 Å². The summed E-state index contributed by atoms with van der Waals surface area (Å²) in [5, 5.41) is 0. The number of hydrogen-bond donors (Lipinski definition) is 1. The molecule has 0 heterocycles. The van der Waals surface area contributed by atoms with Gasteiger partial charge in [-0.25, -0.2) is 0 Å². The van der Waals surface area contributed by atoms with Crippen molar-refractivity contribution in [2.24, 2.45) is 5.92 Å². The molecule has 1 heteroatoms. The first-order chi connectivity index (χ1) is 6.00. The first kappa shape index (κ1) is 10.1. The van der Waals surface area contributed by atoms with E-state index in [1.165, 1.54) is 16.7 Å². The van der Waals surface area contributed by atoms with Gasteiger partial charge in [0, 0.05) is 5.69 Å². The van der Waals surface area contributed by atoms with Crippen molar-refractivity contribution in [2.75, 3.05) is 5.73 Å². The third kappa shape index (κ3) is 2.48. The monoisotopic (exact) mass is 177 g/mol. The minimum absolute atomic E-state index is 0.710. The van der Waals surface area contributed by atoms with Crippen molar-refractivity contribution in [3.63, 3.8) is 0 Å².